The second-order valence-corrected chi connectivity index (χ2v) is 5.62. The molecule has 0 saturated heterocycles. The maximum atomic E-state index is 4.36. The summed E-state index contributed by atoms with van der Waals surface area (Å²) in [4.78, 5) is 6.51. The number of nitrogens with zero attached hydrogens (tertiary/aromatic N) is 4. The summed E-state index contributed by atoms with van der Waals surface area (Å²) in [6.45, 7) is 4.82. The Bertz CT molecular complexity index is 586. The van der Waals surface area contributed by atoms with E-state index in [4.69, 9.17) is 0 Å². The summed E-state index contributed by atoms with van der Waals surface area (Å²) in [7, 11) is 3.89. The van der Waals surface area contributed by atoms with Crippen LogP contribution < -0.4 is 5.32 Å². The molecule has 124 valence electrons. The van der Waals surface area contributed by atoms with Gasteiger partial charge in [0.15, 0.2) is 5.96 Å². The molecule has 2 rings (SSSR count). The molecular weight excluding hydrogens is 286 g/mol. The zero-order valence-corrected chi connectivity index (χ0v) is 14.4. The molecule has 0 saturated carbocycles. The van der Waals surface area contributed by atoms with Crippen LogP contribution in [0.1, 0.15) is 24.5 Å². The molecule has 0 fully saturated rings. The smallest absolute Gasteiger partial charge is 0.193 e. The Hall–Kier alpha value is -2.30. The van der Waals surface area contributed by atoms with Gasteiger partial charge in [0.25, 0.3) is 0 Å². The van der Waals surface area contributed by atoms with Gasteiger partial charge in [0.2, 0.25) is 0 Å². The minimum Gasteiger partial charge on any atom is -0.356 e. The van der Waals surface area contributed by atoms with E-state index in [-0.39, 0.29) is 0 Å². The van der Waals surface area contributed by atoms with Crippen molar-refractivity contribution in [2.45, 2.75) is 32.9 Å². The van der Waals surface area contributed by atoms with Gasteiger partial charge < -0.3 is 10.2 Å². The molecule has 0 atom stereocenters. The zero-order chi connectivity index (χ0) is 16.5. The SMILES string of the molecule is CCc1ccc(CN(C)C(=NC)NCCCn2cccn2)cc1. The largest absolute Gasteiger partial charge is 0.356 e. The van der Waals surface area contributed by atoms with E-state index in [2.05, 4.69) is 58.5 Å². The molecule has 0 aliphatic rings. The van der Waals surface area contributed by atoms with Crippen LogP contribution in [0.15, 0.2) is 47.7 Å². The molecular formula is C18H27N5. The first-order valence-electron chi connectivity index (χ1n) is 8.20. The average Bonchev–Trinajstić information content (AvgIpc) is 3.09. The summed E-state index contributed by atoms with van der Waals surface area (Å²) in [5.74, 6) is 0.921. The number of hydrogen-bond acceptors (Lipinski definition) is 2. The Labute approximate surface area is 139 Å². The fraction of sp³-hybridized carbons (Fsp3) is 0.444. The third-order valence-corrected chi connectivity index (χ3v) is 3.83. The second kappa shape index (κ2) is 8.98. The van der Waals surface area contributed by atoms with Crippen molar-refractivity contribution in [3.05, 3.63) is 53.9 Å². The average molecular weight is 313 g/mol. The third-order valence-electron chi connectivity index (χ3n) is 3.83. The normalized spacial score (nSPS) is 11.5. The quantitative estimate of drug-likeness (QED) is 0.485. The van der Waals surface area contributed by atoms with Crippen molar-refractivity contribution in [2.24, 2.45) is 4.99 Å². The summed E-state index contributed by atoms with van der Waals surface area (Å²) >= 11 is 0. The van der Waals surface area contributed by atoms with Crippen molar-refractivity contribution in [2.75, 3.05) is 20.6 Å². The van der Waals surface area contributed by atoms with Crippen LogP contribution >= 0.6 is 0 Å². The molecule has 0 amide bonds. The number of nitrogens with one attached hydrogen (secondary N) is 1. The number of aromatic nitrogens is 2. The highest BCUT2D eigenvalue weighted by Crippen LogP contribution is 2.07. The van der Waals surface area contributed by atoms with Crippen molar-refractivity contribution in [3.8, 4) is 0 Å². The molecule has 5 nitrogen and oxygen atoms in total. The third kappa shape index (κ3) is 5.43. The van der Waals surface area contributed by atoms with Gasteiger partial charge in [0, 0.05) is 46.1 Å². The van der Waals surface area contributed by atoms with Crippen LogP contribution in [0, 0.1) is 0 Å². The van der Waals surface area contributed by atoms with Crippen LogP contribution in [0.5, 0.6) is 0 Å². The summed E-state index contributed by atoms with van der Waals surface area (Å²) in [5.41, 5.74) is 2.67. The molecule has 0 aliphatic heterocycles. The number of aryl methyl sites for hydroxylation is 2. The van der Waals surface area contributed by atoms with E-state index in [1.54, 1.807) is 0 Å². The fourth-order valence-electron chi connectivity index (χ4n) is 2.49. The van der Waals surface area contributed by atoms with Gasteiger partial charge in [-0.05, 0) is 30.0 Å². The van der Waals surface area contributed by atoms with Crippen LogP contribution in [-0.4, -0.2) is 41.3 Å². The Balaban J connectivity index is 1.77. The fourth-order valence-corrected chi connectivity index (χ4v) is 2.49. The minimum atomic E-state index is 0.850. The van der Waals surface area contributed by atoms with Crippen LogP contribution in [0.3, 0.4) is 0 Å². The predicted octanol–water partition coefficient (Wildman–Crippen LogP) is 2.54. The van der Waals surface area contributed by atoms with Gasteiger partial charge in [-0.15, -0.1) is 0 Å². The van der Waals surface area contributed by atoms with E-state index >= 15 is 0 Å². The summed E-state index contributed by atoms with van der Waals surface area (Å²) in [6.07, 6.45) is 5.89. The molecule has 0 bridgehead atoms. The molecule has 23 heavy (non-hydrogen) atoms. The summed E-state index contributed by atoms with van der Waals surface area (Å²) in [5, 5.41) is 7.62. The van der Waals surface area contributed by atoms with Gasteiger partial charge in [-0.25, -0.2) is 0 Å². The maximum absolute atomic E-state index is 4.36. The summed E-state index contributed by atoms with van der Waals surface area (Å²) in [6, 6.07) is 10.7. The zero-order valence-electron chi connectivity index (χ0n) is 14.4. The maximum Gasteiger partial charge on any atom is 0.193 e. The lowest BCUT2D eigenvalue weighted by Gasteiger charge is -2.22. The lowest BCUT2D eigenvalue weighted by molar-refractivity contribution is 0.471. The van der Waals surface area contributed by atoms with Crippen molar-refractivity contribution in [1.29, 1.82) is 0 Å². The monoisotopic (exact) mass is 313 g/mol. The van der Waals surface area contributed by atoms with E-state index in [9.17, 15) is 0 Å². The van der Waals surface area contributed by atoms with Gasteiger partial charge in [-0.1, -0.05) is 31.2 Å². The van der Waals surface area contributed by atoms with Gasteiger partial charge in [-0.3, -0.25) is 9.67 Å². The highest BCUT2D eigenvalue weighted by molar-refractivity contribution is 5.79. The Kier molecular flexibility index (Phi) is 6.66. The first-order valence-corrected chi connectivity index (χ1v) is 8.20. The molecule has 1 aromatic heterocycles. The highest BCUT2D eigenvalue weighted by atomic mass is 15.3. The topological polar surface area (TPSA) is 45.5 Å². The first kappa shape index (κ1) is 17.1. The standard InChI is InChI=1S/C18H27N5/c1-4-16-7-9-17(10-8-16)15-22(3)18(19-2)20-11-5-13-23-14-6-12-21-23/h6-10,12,14H,4-5,11,13,15H2,1-3H3,(H,19,20). The molecule has 0 unspecified atom stereocenters. The van der Waals surface area contributed by atoms with Crippen molar-refractivity contribution >= 4 is 5.96 Å². The molecule has 0 spiro atoms. The lowest BCUT2D eigenvalue weighted by atomic mass is 10.1. The predicted molar refractivity (Wildman–Crippen MR) is 95.5 cm³/mol. The van der Waals surface area contributed by atoms with E-state index < -0.39 is 0 Å². The molecule has 5 heteroatoms. The van der Waals surface area contributed by atoms with E-state index in [0.717, 1.165) is 38.4 Å². The van der Waals surface area contributed by atoms with E-state index in [1.807, 2.05) is 30.2 Å². The molecule has 0 radical (unpaired) electrons. The number of hydrogen-bond donors (Lipinski definition) is 1. The van der Waals surface area contributed by atoms with Gasteiger partial charge in [0.05, 0.1) is 0 Å². The van der Waals surface area contributed by atoms with E-state index in [0.29, 0.717) is 0 Å². The molecule has 1 aromatic carbocycles. The Morgan fingerprint density at radius 2 is 2.00 bits per heavy atom. The lowest BCUT2D eigenvalue weighted by Crippen LogP contribution is -2.39. The molecule has 0 aliphatic carbocycles. The highest BCUT2D eigenvalue weighted by Gasteiger charge is 2.06. The number of aliphatic imine (C=N–C) groups is 1. The van der Waals surface area contributed by atoms with Gasteiger partial charge in [0.1, 0.15) is 0 Å². The number of rotatable bonds is 7. The molecule has 1 heterocycles. The minimum absolute atomic E-state index is 0.850. The van der Waals surface area contributed by atoms with Crippen LogP contribution in [-0.2, 0) is 19.5 Å². The van der Waals surface area contributed by atoms with Crippen molar-refractivity contribution < 1.29 is 0 Å². The van der Waals surface area contributed by atoms with Crippen LogP contribution in [0.4, 0.5) is 0 Å². The van der Waals surface area contributed by atoms with Crippen molar-refractivity contribution in [3.63, 3.8) is 0 Å². The van der Waals surface area contributed by atoms with Gasteiger partial charge >= 0.3 is 0 Å². The first-order chi connectivity index (χ1) is 11.2. The summed E-state index contributed by atoms with van der Waals surface area (Å²) < 4.78 is 1.95. The number of guanidine groups is 1. The molecule has 1 N–H and O–H groups in total. The van der Waals surface area contributed by atoms with Gasteiger partial charge in [-0.2, -0.15) is 5.10 Å². The van der Waals surface area contributed by atoms with Crippen LogP contribution in [0.25, 0.3) is 0 Å². The number of benzene rings is 1. The van der Waals surface area contributed by atoms with Crippen molar-refractivity contribution in [1.82, 2.24) is 20.0 Å². The van der Waals surface area contributed by atoms with E-state index in [1.165, 1.54) is 11.1 Å². The second-order valence-electron chi connectivity index (χ2n) is 5.62. The van der Waals surface area contributed by atoms with Crippen LogP contribution in [0.2, 0.25) is 0 Å². The Morgan fingerprint density at radius 3 is 2.61 bits per heavy atom. The Morgan fingerprint density at radius 1 is 1.26 bits per heavy atom. The molecule has 2 aromatic rings.